The normalized spacial score (nSPS) is 17.4. The molecule has 170 valence electrons. The smallest absolute Gasteiger partial charge is 0.264 e. The highest BCUT2D eigenvalue weighted by Gasteiger charge is 2.42. The molecule has 5 rings (SSSR count). The van der Waals surface area contributed by atoms with Crippen molar-refractivity contribution in [1.29, 1.82) is 0 Å². The summed E-state index contributed by atoms with van der Waals surface area (Å²) in [4.78, 5) is 36.8. The van der Waals surface area contributed by atoms with Crippen molar-refractivity contribution < 1.29 is 14.3 Å². The van der Waals surface area contributed by atoms with Gasteiger partial charge in [-0.15, -0.1) is 11.3 Å². The summed E-state index contributed by atoms with van der Waals surface area (Å²) < 4.78 is 5.49. The highest BCUT2D eigenvalue weighted by atomic mass is 32.1. The van der Waals surface area contributed by atoms with Crippen LogP contribution in [0.15, 0.2) is 54.0 Å². The quantitative estimate of drug-likeness (QED) is 0.519. The summed E-state index contributed by atoms with van der Waals surface area (Å²) in [6.07, 6.45) is 1.70. The van der Waals surface area contributed by atoms with Crippen molar-refractivity contribution in [2.45, 2.75) is 19.5 Å². The molecule has 33 heavy (non-hydrogen) atoms. The van der Waals surface area contributed by atoms with Crippen LogP contribution in [-0.2, 0) is 6.54 Å². The van der Waals surface area contributed by atoms with Crippen LogP contribution in [0.4, 0.5) is 5.69 Å². The van der Waals surface area contributed by atoms with E-state index in [0.29, 0.717) is 11.1 Å². The lowest BCUT2D eigenvalue weighted by atomic mass is 10.1. The lowest BCUT2D eigenvalue weighted by molar-refractivity contribution is 0.0595. The fourth-order valence-corrected chi connectivity index (χ4v) is 5.36. The van der Waals surface area contributed by atoms with Gasteiger partial charge >= 0.3 is 0 Å². The van der Waals surface area contributed by atoms with Crippen LogP contribution in [0.25, 0.3) is 0 Å². The minimum Gasteiger partial charge on any atom is -0.496 e. The first-order chi connectivity index (χ1) is 16.1. The fourth-order valence-electron chi connectivity index (χ4n) is 4.67. The van der Waals surface area contributed by atoms with E-state index in [0.717, 1.165) is 49.2 Å². The van der Waals surface area contributed by atoms with Gasteiger partial charge in [0.05, 0.1) is 30.0 Å². The van der Waals surface area contributed by atoms with Crippen LogP contribution in [0, 0.1) is 0 Å². The van der Waals surface area contributed by atoms with Crippen LogP contribution in [-0.4, -0.2) is 59.9 Å². The minimum atomic E-state index is -0.386. The molecule has 0 radical (unpaired) electrons. The van der Waals surface area contributed by atoms with Crippen LogP contribution in [0.1, 0.15) is 44.3 Å². The molecule has 2 aliphatic heterocycles. The second-order valence-corrected chi connectivity index (χ2v) is 9.23. The molecule has 2 aromatic carbocycles. The van der Waals surface area contributed by atoms with Gasteiger partial charge in [0, 0.05) is 49.9 Å². The number of rotatable bonds is 6. The van der Waals surface area contributed by atoms with Gasteiger partial charge < -0.3 is 9.64 Å². The Morgan fingerprint density at radius 1 is 1.03 bits per heavy atom. The number of carbonyl (C=O) groups is 2. The molecular formula is C25H26N4O3S. The van der Waals surface area contributed by atoms with E-state index in [4.69, 9.17) is 4.74 Å². The van der Waals surface area contributed by atoms with E-state index in [1.165, 1.54) is 21.8 Å². The van der Waals surface area contributed by atoms with E-state index in [9.17, 15) is 9.59 Å². The number of imide groups is 1. The Hall–Kier alpha value is -3.23. The van der Waals surface area contributed by atoms with E-state index in [1.807, 2.05) is 42.6 Å². The molecular weight excluding hydrogens is 436 g/mol. The first kappa shape index (κ1) is 21.6. The number of methoxy groups -OCH3 is 1. The van der Waals surface area contributed by atoms with Crippen LogP contribution >= 0.6 is 11.3 Å². The largest absolute Gasteiger partial charge is 0.496 e. The number of hydrogen-bond donors (Lipinski definition) is 0. The number of thiazole rings is 1. The topological polar surface area (TPSA) is 66.0 Å². The summed E-state index contributed by atoms with van der Waals surface area (Å²) >= 11 is 1.45. The third-order valence-corrected chi connectivity index (χ3v) is 7.37. The molecule has 0 spiro atoms. The van der Waals surface area contributed by atoms with Crippen molar-refractivity contribution in [2.24, 2.45) is 0 Å². The molecule has 2 amide bonds. The predicted octanol–water partition coefficient (Wildman–Crippen LogP) is 3.83. The van der Waals surface area contributed by atoms with E-state index < -0.39 is 0 Å². The van der Waals surface area contributed by atoms with E-state index in [1.54, 1.807) is 19.4 Å². The minimum absolute atomic E-state index is 0.232. The zero-order valence-electron chi connectivity index (χ0n) is 18.7. The molecule has 3 heterocycles. The van der Waals surface area contributed by atoms with Crippen molar-refractivity contribution in [3.8, 4) is 5.75 Å². The molecule has 0 aliphatic carbocycles. The van der Waals surface area contributed by atoms with Crippen LogP contribution < -0.4 is 9.64 Å². The van der Waals surface area contributed by atoms with Crippen molar-refractivity contribution in [3.05, 3.63) is 75.7 Å². The fraction of sp³-hybridized carbons (Fsp3) is 0.320. The van der Waals surface area contributed by atoms with Crippen LogP contribution in [0.5, 0.6) is 5.75 Å². The van der Waals surface area contributed by atoms with Gasteiger partial charge in [-0.1, -0.05) is 24.3 Å². The molecule has 3 aromatic rings. The number of amides is 2. The van der Waals surface area contributed by atoms with Gasteiger partial charge in [-0.05, 0) is 25.1 Å². The average molecular weight is 463 g/mol. The second kappa shape index (κ2) is 8.96. The number of fused-ring (bicyclic) bond motifs is 1. The molecule has 1 saturated heterocycles. The number of nitrogens with zero attached hydrogens (tertiary/aromatic N) is 4. The number of hydrogen-bond acceptors (Lipinski definition) is 7. The van der Waals surface area contributed by atoms with Gasteiger partial charge in [0.1, 0.15) is 10.8 Å². The third kappa shape index (κ3) is 3.89. The lowest BCUT2D eigenvalue weighted by Crippen LogP contribution is -2.46. The number of benzene rings is 2. The zero-order chi connectivity index (χ0) is 22.9. The molecule has 1 aromatic heterocycles. The Labute approximate surface area is 197 Å². The van der Waals surface area contributed by atoms with Crippen molar-refractivity contribution >= 4 is 28.8 Å². The van der Waals surface area contributed by atoms with Gasteiger partial charge in [0.15, 0.2) is 0 Å². The molecule has 8 heteroatoms. The molecule has 0 saturated carbocycles. The molecule has 7 nitrogen and oxygen atoms in total. The maximum atomic E-state index is 13.4. The summed E-state index contributed by atoms with van der Waals surface area (Å²) in [6.45, 7) is 5.98. The number of para-hydroxylation sites is 1. The van der Waals surface area contributed by atoms with E-state index >= 15 is 0 Å². The molecule has 0 unspecified atom stereocenters. The SMILES string of the molecule is COc1ccccc1CN1CCN(c2cccc3c2C(=O)N([C@H](C)c2nccs2)C3=O)CC1. The average Bonchev–Trinajstić information content (AvgIpc) is 3.47. The van der Waals surface area contributed by atoms with Gasteiger partial charge in [-0.25, -0.2) is 4.98 Å². The first-order valence-electron chi connectivity index (χ1n) is 11.1. The Kier molecular flexibility index (Phi) is 5.86. The Morgan fingerprint density at radius 2 is 1.82 bits per heavy atom. The second-order valence-electron chi connectivity index (χ2n) is 8.30. The molecule has 2 aliphatic rings. The lowest BCUT2D eigenvalue weighted by Gasteiger charge is -2.37. The number of carbonyl (C=O) groups excluding carboxylic acids is 2. The maximum Gasteiger partial charge on any atom is 0.264 e. The van der Waals surface area contributed by atoms with Gasteiger partial charge in [-0.3, -0.25) is 19.4 Å². The van der Waals surface area contributed by atoms with Gasteiger partial charge in [-0.2, -0.15) is 0 Å². The number of anilines is 1. The van der Waals surface area contributed by atoms with Crippen molar-refractivity contribution in [1.82, 2.24) is 14.8 Å². The van der Waals surface area contributed by atoms with Crippen LogP contribution in [0.3, 0.4) is 0 Å². The summed E-state index contributed by atoms with van der Waals surface area (Å²) in [5.41, 5.74) is 3.01. The molecule has 1 fully saturated rings. The highest BCUT2D eigenvalue weighted by Crippen LogP contribution is 2.37. The highest BCUT2D eigenvalue weighted by molar-refractivity contribution is 7.09. The van der Waals surface area contributed by atoms with Gasteiger partial charge in [0.25, 0.3) is 11.8 Å². The summed E-state index contributed by atoms with van der Waals surface area (Å²) in [6, 6.07) is 13.3. The molecule has 1 atom stereocenters. The van der Waals surface area contributed by atoms with Crippen LogP contribution in [0.2, 0.25) is 0 Å². The standard InChI is InChI=1S/C25H26N4O3S/c1-17(23-26-10-15-33-23)29-24(30)19-7-5-8-20(22(19)25(29)31)28-13-11-27(12-14-28)16-18-6-3-4-9-21(18)32-2/h3-10,15,17H,11-14,16H2,1-2H3/t17-/m1/s1. The predicted molar refractivity (Wildman–Crippen MR) is 128 cm³/mol. The summed E-state index contributed by atoms with van der Waals surface area (Å²) in [7, 11) is 1.70. The zero-order valence-corrected chi connectivity index (χ0v) is 19.5. The molecule has 0 N–H and O–H groups in total. The van der Waals surface area contributed by atoms with Crippen molar-refractivity contribution in [3.63, 3.8) is 0 Å². The van der Waals surface area contributed by atoms with Gasteiger partial charge in [0.2, 0.25) is 0 Å². The number of ether oxygens (including phenoxy) is 1. The maximum absolute atomic E-state index is 13.4. The van der Waals surface area contributed by atoms with E-state index in [2.05, 4.69) is 20.9 Å². The number of aromatic nitrogens is 1. The summed E-state index contributed by atoms with van der Waals surface area (Å²) in [5.74, 6) is 0.429. The van der Waals surface area contributed by atoms with E-state index in [-0.39, 0.29) is 17.9 Å². The molecule has 0 bridgehead atoms. The summed E-state index contributed by atoms with van der Waals surface area (Å²) in [5, 5.41) is 2.62. The Morgan fingerprint density at radius 3 is 2.55 bits per heavy atom. The van der Waals surface area contributed by atoms with Crippen molar-refractivity contribution in [2.75, 3.05) is 38.2 Å². The number of piperazine rings is 1. The first-order valence-corrected chi connectivity index (χ1v) is 12.0. The Balaban J connectivity index is 1.33. The third-order valence-electron chi connectivity index (χ3n) is 6.42. The monoisotopic (exact) mass is 462 g/mol. The Bertz CT molecular complexity index is 1170.